The monoisotopic (exact) mass is 460 g/mol. The molecule has 0 saturated carbocycles. The van der Waals surface area contributed by atoms with Gasteiger partial charge in [-0.15, -0.1) is 24.8 Å². The van der Waals surface area contributed by atoms with Crippen LogP contribution in [0.5, 0.6) is 5.75 Å². The Morgan fingerprint density at radius 3 is 2.12 bits per heavy atom. The maximum Gasteiger partial charge on any atom is 0.416 e. The Morgan fingerprint density at radius 2 is 1.67 bits per heavy atom. The molecule has 2 N–H and O–H groups in total. The predicted octanol–water partition coefficient (Wildman–Crippen LogP) is 4.23. The molecule has 0 aromatic heterocycles. The Balaban J connectivity index is 0.00000264. The van der Waals surface area contributed by atoms with E-state index < -0.39 is 35.5 Å². The van der Waals surface area contributed by atoms with Gasteiger partial charge >= 0.3 is 6.18 Å². The number of phenolic OH excluding ortho intramolecular Hbond substituents is 1. The molecule has 1 heterocycles. The van der Waals surface area contributed by atoms with Gasteiger partial charge in [-0.25, -0.2) is 8.78 Å². The zero-order valence-electron chi connectivity index (χ0n) is 12.1. The van der Waals surface area contributed by atoms with Crippen LogP contribution < -0.4 is 5.32 Å². The fourth-order valence-electron chi connectivity index (χ4n) is 2.56. The van der Waals surface area contributed by atoms with E-state index in [2.05, 4.69) is 21.2 Å². The molecule has 0 aliphatic carbocycles. The first-order chi connectivity index (χ1) is 10.2. The van der Waals surface area contributed by atoms with Crippen LogP contribution in [0.25, 0.3) is 0 Å². The lowest BCUT2D eigenvalue weighted by Crippen LogP contribution is -2.47. The third kappa shape index (κ3) is 5.08. The fraction of sp³-hybridized carbons (Fsp3) is 0.538. The Bertz CT molecular complexity index is 542. The molecule has 3 nitrogen and oxygen atoms in total. The van der Waals surface area contributed by atoms with Crippen LogP contribution in [0.3, 0.4) is 0 Å². The number of benzene rings is 1. The van der Waals surface area contributed by atoms with Crippen molar-refractivity contribution in [2.24, 2.45) is 0 Å². The first-order valence-corrected chi connectivity index (χ1v) is 7.34. The van der Waals surface area contributed by atoms with Crippen molar-refractivity contribution in [2.75, 3.05) is 26.2 Å². The fourth-order valence-corrected chi connectivity index (χ4v) is 2.90. The quantitative estimate of drug-likeness (QED) is 0.661. The minimum Gasteiger partial charge on any atom is -0.506 e. The summed E-state index contributed by atoms with van der Waals surface area (Å²) in [5, 5.41) is 12.9. The molecule has 0 bridgehead atoms. The van der Waals surface area contributed by atoms with Crippen molar-refractivity contribution in [3.05, 3.63) is 27.7 Å². The molecular formula is C13H16BrCl2F5N2O. The minimum atomic E-state index is -4.82. The summed E-state index contributed by atoms with van der Waals surface area (Å²) in [5.74, 6) is -0.793. The number of hydrogen-bond acceptors (Lipinski definition) is 3. The third-order valence-corrected chi connectivity index (χ3v) is 4.19. The summed E-state index contributed by atoms with van der Waals surface area (Å²) in [7, 11) is 0. The molecule has 1 aromatic carbocycles. The lowest BCUT2D eigenvalue weighted by Gasteiger charge is -2.36. The van der Waals surface area contributed by atoms with Gasteiger partial charge in [0.1, 0.15) is 11.8 Å². The molecule has 0 unspecified atom stereocenters. The number of phenols is 1. The molecule has 1 aliphatic rings. The first-order valence-electron chi connectivity index (χ1n) is 6.55. The van der Waals surface area contributed by atoms with Gasteiger partial charge in [0.2, 0.25) is 0 Å². The van der Waals surface area contributed by atoms with Crippen molar-refractivity contribution >= 4 is 40.7 Å². The molecule has 1 aliphatic heterocycles. The second kappa shape index (κ2) is 9.38. The van der Waals surface area contributed by atoms with Gasteiger partial charge in [0.25, 0.3) is 6.43 Å². The summed E-state index contributed by atoms with van der Waals surface area (Å²) in [6, 6.07) is -0.102. The van der Waals surface area contributed by atoms with E-state index in [4.69, 9.17) is 0 Å². The molecule has 1 saturated heterocycles. The van der Waals surface area contributed by atoms with E-state index in [9.17, 15) is 27.1 Å². The number of rotatable bonds is 3. The van der Waals surface area contributed by atoms with E-state index in [-0.39, 0.29) is 42.4 Å². The molecule has 1 fully saturated rings. The van der Waals surface area contributed by atoms with Gasteiger partial charge in [-0.3, -0.25) is 4.90 Å². The largest absolute Gasteiger partial charge is 0.506 e. The normalized spacial score (nSPS) is 17.1. The van der Waals surface area contributed by atoms with Gasteiger partial charge in [-0.05, 0) is 28.1 Å². The molecule has 1 aromatic rings. The first kappa shape index (κ1) is 23.6. The van der Waals surface area contributed by atoms with Gasteiger partial charge < -0.3 is 10.4 Å². The summed E-state index contributed by atoms with van der Waals surface area (Å²) in [6.45, 7) is 1.16. The summed E-state index contributed by atoms with van der Waals surface area (Å²) >= 11 is 2.90. The van der Waals surface area contributed by atoms with Gasteiger partial charge in [0.05, 0.1) is 10.0 Å². The van der Waals surface area contributed by atoms with E-state index in [1.165, 1.54) is 4.90 Å². The lowest BCUT2D eigenvalue weighted by atomic mass is 9.97. The van der Waals surface area contributed by atoms with Crippen LogP contribution in [-0.4, -0.2) is 42.6 Å². The van der Waals surface area contributed by atoms with Crippen LogP contribution in [0, 0.1) is 0 Å². The highest BCUT2D eigenvalue weighted by Crippen LogP contribution is 2.45. The van der Waals surface area contributed by atoms with Crippen LogP contribution in [0.2, 0.25) is 0 Å². The molecule has 140 valence electrons. The lowest BCUT2D eigenvalue weighted by molar-refractivity contribution is -0.139. The number of hydrogen-bond donors (Lipinski definition) is 2. The number of alkyl halides is 5. The molecule has 0 amide bonds. The summed E-state index contributed by atoms with van der Waals surface area (Å²) in [6.07, 6.45) is -7.88. The average molecular weight is 462 g/mol. The van der Waals surface area contributed by atoms with Crippen LogP contribution >= 0.6 is 40.7 Å². The molecule has 0 radical (unpaired) electrons. The zero-order valence-corrected chi connectivity index (χ0v) is 15.3. The predicted molar refractivity (Wildman–Crippen MR) is 88.5 cm³/mol. The second-order valence-electron chi connectivity index (χ2n) is 4.92. The zero-order chi connectivity index (χ0) is 16.5. The van der Waals surface area contributed by atoms with E-state index in [0.717, 1.165) is 6.07 Å². The van der Waals surface area contributed by atoms with Crippen LogP contribution in [0.4, 0.5) is 22.0 Å². The van der Waals surface area contributed by atoms with Gasteiger partial charge in [0, 0.05) is 31.7 Å². The third-order valence-electron chi connectivity index (χ3n) is 3.55. The summed E-state index contributed by atoms with van der Waals surface area (Å²) in [4.78, 5) is 1.26. The Hall–Kier alpha value is -0.350. The minimum absolute atomic E-state index is 0. The van der Waals surface area contributed by atoms with Crippen molar-refractivity contribution in [3.63, 3.8) is 0 Å². The van der Waals surface area contributed by atoms with Gasteiger partial charge in [-0.1, -0.05) is 0 Å². The number of piperazine rings is 1. The molecule has 11 heteroatoms. The Kier molecular flexibility index (Phi) is 9.24. The Labute approximate surface area is 156 Å². The van der Waals surface area contributed by atoms with E-state index >= 15 is 0 Å². The SMILES string of the molecule is Cl.Cl.Oc1c(Br)ccc(C(F)(F)F)c1[C@@H](C(F)F)N1CCNCC1. The summed E-state index contributed by atoms with van der Waals surface area (Å²) in [5.41, 5.74) is -2.02. The van der Waals surface area contributed by atoms with Gasteiger partial charge in [-0.2, -0.15) is 13.2 Å². The average Bonchev–Trinajstić information content (AvgIpc) is 2.43. The van der Waals surface area contributed by atoms with Crippen LogP contribution in [-0.2, 0) is 6.18 Å². The highest BCUT2D eigenvalue weighted by molar-refractivity contribution is 9.10. The smallest absolute Gasteiger partial charge is 0.416 e. The van der Waals surface area contributed by atoms with Crippen LogP contribution in [0.1, 0.15) is 17.2 Å². The van der Waals surface area contributed by atoms with Crippen molar-refractivity contribution in [2.45, 2.75) is 18.6 Å². The maximum atomic E-state index is 13.5. The topological polar surface area (TPSA) is 35.5 Å². The highest BCUT2D eigenvalue weighted by atomic mass is 79.9. The number of nitrogens with zero attached hydrogens (tertiary/aromatic N) is 1. The van der Waals surface area contributed by atoms with Crippen molar-refractivity contribution < 1.29 is 27.1 Å². The number of nitrogens with one attached hydrogen (secondary N) is 1. The van der Waals surface area contributed by atoms with Gasteiger partial charge in [0.15, 0.2) is 0 Å². The van der Waals surface area contributed by atoms with Crippen molar-refractivity contribution in [3.8, 4) is 5.75 Å². The molecule has 1 atom stereocenters. The van der Waals surface area contributed by atoms with Crippen LogP contribution in [0.15, 0.2) is 16.6 Å². The Morgan fingerprint density at radius 1 is 1.12 bits per heavy atom. The van der Waals surface area contributed by atoms with E-state index in [0.29, 0.717) is 19.2 Å². The number of halogens is 8. The number of aromatic hydroxyl groups is 1. The van der Waals surface area contributed by atoms with E-state index in [1.807, 2.05) is 0 Å². The summed E-state index contributed by atoms with van der Waals surface area (Å²) < 4.78 is 66.4. The van der Waals surface area contributed by atoms with Crippen molar-refractivity contribution in [1.29, 1.82) is 0 Å². The standard InChI is InChI=1S/C13H14BrF5N2O.2ClH/c14-8-2-1-7(13(17,18)19)9(11(8)22)10(12(15)16)21-5-3-20-4-6-21;;/h1-2,10,12,20,22H,3-6H2;2*1H/t10-;;/m0../s1. The van der Waals surface area contributed by atoms with Crippen molar-refractivity contribution in [1.82, 2.24) is 10.2 Å². The molecular weight excluding hydrogens is 446 g/mol. The molecule has 0 spiro atoms. The molecule has 24 heavy (non-hydrogen) atoms. The van der Waals surface area contributed by atoms with E-state index in [1.54, 1.807) is 0 Å². The highest BCUT2D eigenvalue weighted by Gasteiger charge is 2.42. The molecule has 2 rings (SSSR count). The maximum absolute atomic E-state index is 13.5. The second-order valence-corrected chi connectivity index (χ2v) is 5.77.